The Morgan fingerprint density at radius 3 is 3.00 bits per heavy atom. The Morgan fingerprint density at radius 1 is 1.47 bits per heavy atom. The van der Waals surface area contributed by atoms with Gasteiger partial charge in [0.2, 0.25) is 0 Å². The number of thioether (sulfide) groups is 1. The number of halogens is 2. The average Bonchev–Trinajstić information content (AvgIpc) is 2.33. The number of hydrogen-bond donors (Lipinski definition) is 1. The molecule has 92 valence electrons. The minimum Gasteiger partial charge on any atom is -0.312 e. The molecule has 0 bridgehead atoms. The third-order valence-electron chi connectivity index (χ3n) is 2.66. The van der Waals surface area contributed by atoms with E-state index in [0.717, 1.165) is 18.1 Å². The van der Waals surface area contributed by atoms with Gasteiger partial charge in [-0.1, -0.05) is 23.2 Å². The van der Waals surface area contributed by atoms with Crippen LogP contribution in [0.3, 0.4) is 0 Å². The molecule has 1 aromatic rings. The molecule has 1 aliphatic rings. The highest BCUT2D eigenvalue weighted by atomic mass is 35.5. The monoisotopic (exact) mass is 289 g/mol. The summed E-state index contributed by atoms with van der Waals surface area (Å²) in [6.07, 6.45) is 0.479. The molecule has 1 aromatic carbocycles. The number of benzene rings is 1. The Balaban J connectivity index is 2.05. The molecule has 0 amide bonds. The van der Waals surface area contributed by atoms with E-state index in [-0.39, 0.29) is 11.8 Å². The Bertz CT molecular complexity index is 419. The van der Waals surface area contributed by atoms with Crippen LogP contribution in [0.5, 0.6) is 0 Å². The van der Waals surface area contributed by atoms with Crippen LogP contribution in [0, 0.1) is 0 Å². The molecule has 1 heterocycles. The van der Waals surface area contributed by atoms with Gasteiger partial charge in [-0.05, 0) is 18.2 Å². The summed E-state index contributed by atoms with van der Waals surface area (Å²) < 4.78 is 0. The first-order valence-electron chi connectivity index (χ1n) is 5.46. The molecule has 1 saturated heterocycles. The van der Waals surface area contributed by atoms with Crippen molar-refractivity contribution in [3.05, 3.63) is 33.8 Å². The second kappa shape index (κ2) is 6.10. The molecule has 0 aliphatic carbocycles. The average molecular weight is 290 g/mol. The fourth-order valence-electron chi connectivity index (χ4n) is 1.80. The molecule has 2 rings (SSSR count). The van der Waals surface area contributed by atoms with E-state index < -0.39 is 0 Å². The van der Waals surface area contributed by atoms with Gasteiger partial charge < -0.3 is 5.32 Å². The van der Waals surface area contributed by atoms with E-state index >= 15 is 0 Å². The first-order chi connectivity index (χ1) is 8.16. The van der Waals surface area contributed by atoms with Crippen molar-refractivity contribution in [2.45, 2.75) is 12.5 Å². The minimum atomic E-state index is 0.0532. The van der Waals surface area contributed by atoms with Crippen molar-refractivity contribution >= 4 is 40.7 Å². The van der Waals surface area contributed by atoms with Crippen LogP contribution >= 0.6 is 35.0 Å². The molecular formula is C12H13Cl2NOS. The maximum absolute atomic E-state index is 12.1. The summed E-state index contributed by atoms with van der Waals surface area (Å²) in [7, 11) is 0. The number of carbonyl (C=O) groups excluding carboxylic acids is 1. The van der Waals surface area contributed by atoms with Crippen molar-refractivity contribution < 1.29 is 4.79 Å². The van der Waals surface area contributed by atoms with Crippen LogP contribution in [0.4, 0.5) is 0 Å². The molecule has 1 aliphatic heterocycles. The van der Waals surface area contributed by atoms with Crippen LogP contribution in [-0.4, -0.2) is 29.9 Å². The normalized spacial score (nSPS) is 20.2. The number of ketones is 1. The molecule has 5 heteroatoms. The zero-order chi connectivity index (χ0) is 12.3. The topological polar surface area (TPSA) is 29.1 Å². The molecule has 0 radical (unpaired) electrons. The maximum Gasteiger partial charge on any atom is 0.166 e. The van der Waals surface area contributed by atoms with E-state index in [1.54, 1.807) is 18.2 Å². The van der Waals surface area contributed by atoms with Gasteiger partial charge in [0.25, 0.3) is 0 Å². The number of nitrogens with one attached hydrogen (secondary N) is 1. The van der Waals surface area contributed by atoms with Crippen molar-refractivity contribution in [1.82, 2.24) is 5.32 Å². The highest BCUT2D eigenvalue weighted by molar-refractivity contribution is 7.99. The molecular weight excluding hydrogens is 277 g/mol. The van der Waals surface area contributed by atoms with Gasteiger partial charge >= 0.3 is 0 Å². The van der Waals surface area contributed by atoms with Crippen molar-refractivity contribution in [3.8, 4) is 0 Å². The lowest BCUT2D eigenvalue weighted by molar-refractivity contribution is 0.0972. The largest absolute Gasteiger partial charge is 0.312 e. The first kappa shape index (κ1) is 13.2. The van der Waals surface area contributed by atoms with E-state index in [1.165, 1.54) is 0 Å². The smallest absolute Gasteiger partial charge is 0.166 e. The summed E-state index contributed by atoms with van der Waals surface area (Å²) in [4.78, 5) is 12.1. The van der Waals surface area contributed by atoms with Crippen LogP contribution in [0.25, 0.3) is 0 Å². The zero-order valence-electron chi connectivity index (χ0n) is 9.21. The van der Waals surface area contributed by atoms with E-state index in [9.17, 15) is 4.79 Å². The van der Waals surface area contributed by atoms with Crippen LogP contribution in [0.2, 0.25) is 10.0 Å². The second-order valence-corrected chi connectivity index (χ2v) is 5.97. The standard InChI is InChI=1S/C12H13Cl2NOS/c13-8-1-2-11(14)10(5-8)12(16)6-9-7-17-4-3-15-9/h1-2,5,9,15H,3-4,6-7H2. The Kier molecular flexibility index (Phi) is 4.74. The maximum atomic E-state index is 12.1. The van der Waals surface area contributed by atoms with Gasteiger partial charge in [-0.15, -0.1) is 0 Å². The summed E-state index contributed by atoms with van der Waals surface area (Å²) in [5.74, 6) is 2.14. The SMILES string of the molecule is O=C(CC1CSCCN1)c1cc(Cl)ccc1Cl. The Hall–Kier alpha value is -0.220. The molecule has 1 unspecified atom stereocenters. The molecule has 0 aromatic heterocycles. The minimum absolute atomic E-state index is 0.0532. The van der Waals surface area contributed by atoms with E-state index in [2.05, 4.69) is 5.32 Å². The molecule has 17 heavy (non-hydrogen) atoms. The lowest BCUT2D eigenvalue weighted by Crippen LogP contribution is -2.38. The highest BCUT2D eigenvalue weighted by Gasteiger charge is 2.19. The fraction of sp³-hybridized carbons (Fsp3) is 0.417. The lowest BCUT2D eigenvalue weighted by Gasteiger charge is -2.22. The van der Waals surface area contributed by atoms with Gasteiger partial charge in [0.1, 0.15) is 0 Å². The number of hydrogen-bond acceptors (Lipinski definition) is 3. The third-order valence-corrected chi connectivity index (χ3v) is 4.35. The van der Waals surface area contributed by atoms with E-state index in [4.69, 9.17) is 23.2 Å². The van der Waals surface area contributed by atoms with E-state index in [0.29, 0.717) is 22.0 Å². The lowest BCUT2D eigenvalue weighted by atomic mass is 10.0. The van der Waals surface area contributed by atoms with E-state index in [1.807, 2.05) is 11.8 Å². The van der Waals surface area contributed by atoms with Crippen molar-refractivity contribution in [2.75, 3.05) is 18.1 Å². The second-order valence-electron chi connectivity index (χ2n) is 3.98. The van der Waals surface area contributed by atoms with Gasteiger partial charge in [0.15, 0.2) is 5.78 Å². The summed E-state index contributed by atoms with van der Waals surface area (Å²) in [6.45, 7) is 0.964. The summed E-state index contributed by atoms with van der Waals surface area (Å²) in [5, 5.41) is 4.36. The predicted molar refractivity (Wildman–Crippen MR) is 74.5 cm³/mol. The van der Waals surface area contributed by atoms with Gasteiger partial charge in [-0.25, -0.2) is 0 Å². The molecule has 1 atom stereocenters. The van der Waals surface area contributed by atoms with Gasteiger partial charge in [0, 0.05) is 41.1 Å². The molecule has 2 nitrogen and oxygen atoms in total. The summed E-state index contributed by atoms with van der Waals surface area (Å²) in [6, 6.07) is 5.24. The fourth-order valence-corrected chi connectivity index (χ4v) is 3.14. The first-order valence-corrected chi connectivity index (χ1v) is 7.37. The van der Waals surface area contributed by atoms with Gasteiger partial charge in [-0.2, -0.15) is 11.8 Å². The van der Waals surface area contributed by atoms with Crippen LogP contribution in [0.15, 0.2) is 18.2 Å². The number of carbonyl (C=O) groups is 1. The zero-order valence-corrected chi connectivity index (χ0v) is 11.5. The van der Waals surface area contributed by atoms with Crippen LogP contribution < -0.4 is 5.32 Å². The number of rotatable bonds is 3. The molecule has 0 saturated carbocycles. The molecule has 1 N–H and O–H groups in total. The van der Waals surface area contributed by atoms with Crippen molar-refractivity contribution in [2.24, 2.45) is 0 Å². The number of Topliss-reactive ketones (excluding diaryl/α,β-unsaturated/α-hetero) is 1. The Morgan fingerprint density at radius 2 is 2.29 bits per heavy atom. The van der Waals surface area contributed by atoms with Crippen LogP contribution in [-0.2, 0) is 0 Å². The molecule has 1 fully saturated rings. The summed E-state index contributed by atoms with van der Waals surface area (Å²) in [5.41, 5.74) is 0.525. The molecule has 0 spiro atoms. The van der Waals surface area contributed by atoms with Crippen molar-refractivity contribution in [1.29, 1.82) is 0 Å². The van der Waals surface area contributed by atoms with Gasteiger partial charge in [-0.3, -0.25) is 4.79 Å². The highest BCUT2D eigenvalue weighted by Crippen LogP contribution is 2.23. The predicted octanol–water partition coefficient (Wildman–Crippen LogP) is 3.27. The third kappa shape index (κ3) is 3.62. The van der Waals surface area contributed by atoms with Gasteiger partial charge in [0.05, 0.1) is 5.02 Å². The van der Waals surface area contributed by atoms with Crippen LogP contribution in [0.1, 0.15) is 16.8 Å². The summed E-state index contributed by atoms with van der Waals surface area (Å²) >= 11 is 13.8. The van der Waals surface area contributed by atoms with Crippen molar-refractivity contribution in [3.63, 3.8) is 0 Å². The Labute approximate surface area is 115 Å². The quantitative estimate of drug-likeness (QED) is 0.866.